The molecule has 0 saturated heterocycles. The van der Waals surface area contributed by atoms with Crippen molar-refractivity contribution in [2.45, 2.75) is 45.1 Å². The van der Waals surface area contributed by atoms with Crippen molar-refractivity contribution in [3.63, 3.8) is 0 Å². The van der Waals surface area contributed by atoms with Crippen molar-refractivity contribution in [1.29, 1.82) is 0 Å². The second-order valence-electron chi connectivity index (χ2n) is 5.85. The largest absolute Gasteiger partial charge is 0.473 e. The highest BCUT2D eigenvalue weighted by Crippen LogP contribution is 2.14. The Kier molecular flexibility index (Phi) is 21.8. The molecule has 0 fully saturated rings. The standard InChI is InChI=1S/C12H26N4O4.2C2H2O4/c1-2-3-6-20-8-10(17)7-9(12(19)16-14)4-5-11(18)15-13;2*3-1(4)2(5)6/h9-10,17H,2-8,13-14H2,1H3,(H,15,18)(H,16,19);2*(H,3,4)(H,5,6). The van der Waals surface area contributed by atoms with Gasteiger partial charge in [0.05, 0.1) is 12.7 Å². The minimum absolute atomic E-state index is 0.0952. The van der Waals surface area contributed by atoms with Gasteiger partial charge in [0.25, 0.3) is 0 Å². The fourth-order valence-corrected chi connectivity index (χ4v) is 1.71. The summed E-state index contributed by atoms with van der Waals surface area (Å²) in [6, 6.07) is 0. The highest BCUT2D eigenvalue weighted by molar-refractivity contribution is 6.27. The highest BCUT2D eigenvalue weighted by Gasteiger charge is 2.22. The zero-order valence-corrected chi connectivity index (χ0v) is 17.4. The Morgan fingerprint density at radius 3 is 1.69 bits per heavy atom. The summed E-state index contributed by atoms with van der Waals surface area (Å²) in [4.78, 5) is 59.0. The third-order valence-corrected chi connectivity index (χ3v) is 3.27. The maximum atomic E-state index is 11.6. The van der Waals surface area contributed by atoms with Crippen LogP contribution in [0.3, 0.4) is 0 Å². The van der Waals surface area contributed by atoms with Crippen LogP contribution in [0, 0.1) is 5.92 Å². The van der Waals surface area contributed by atoms with Crippen LogP contribution in [0.4, 0.5) is 0 Å². The SMILES string of the molecule is CCCCOCC(O)CC(CCC(=O)NN)C(=O)NN.O=C(O)C(=O)O.O=C(O)C(=O)O. The summed E-state index contributed by atoms with van der Waals surface area (Å²) >= 11 is 0. The lowest BCUT2D eigenvalue weighted by Gasteiger charge is -2.18. The van der Waals surface area contributed by atoms with Gasteiger partial charge in [0.2, 0.25) is 11.8 Å². The first kappa shape index (κ1) is 33.3. The van der Waals surface area contributed by atoms with E-state index in [0.29, 0.717) is 6.61 Å². The number of rotatable bonds is 11. The van der Waals surface area contributed by atoms with Crippen molar-refractivity contribution in [2.75, 3.05) is 13.2 Å². The van der Waals surface area contributed by atoms with Gasteiger partial charge in [0, 0.05) is 18.9 Å². The predicted molar refractivity (Wildman–Crippen MR) is 104 cm³/mol. The molecule has 2 atom stereocenters. The first-order valence-corrected chi connectivity index (χ1v) is 9.01. The number of nitrogens with one attached hydrogen (secondary N) is 2. The van der Waals surface area contributed by atoms with Crippen molar-refractivity contribution in [2.24, 2.45) is 17.6 Å². The van der Waals surface area contributed by atoms with Crippen LogP contribution < -0.4 is 22.5 Å². The van der Waals surface area contributed by atoms with Crippen molar-refractivity contribution < 1.29 is 59.0 Å². The molecule has 0 rings (SSSR count). The van der Waals surface area contributed by atoms with Gasteiger partial charge in [0.15, 0.2) is 0 Å². The van der Waals surface area contributed by atoms with Crippen LogP contribution in [0.1, 0.15) is 39.0 Å². The first-order chi connectivity index (χ1) is 14.8. The fraction of sp³-hybridized carbons (Fsp3) is 0.625. The van der Waals surface area contributed by atoms with Gasteiger partial charge >= 0.3 is 23.9 Å². The number of hydrazine groups is 2. The molecule has 0 aromatic heterocycles. The highest BCUT2D eigenvalue weighted by atomic mass is 16.5. The van der Waals surface area contributed by atoms with Gasteiger partial charge < -0.3 is 30.3 Å². The van der Waals surface area contributed by atoms with E-state index < -0.39 is 41.8 Å². The third-order valence-electron chi connectivity index (χ3n) is 3.27. The van der Waals surface area contributed by atoms with E-state index >= 15 is 0 Å². The van der Waals surface area contributed by atoms with Crippen LogP contribution in [0.2, 0.25) is 0 Å². The summed E-state index contributed by atoms with van der Waals surface area (Å²) in [7, 11) is 0. The smallest absolute Gasteiger partial charge is 0.414 e. The molecule has 2 unspecified atom stereocenters. The molecule has 16 heteroatoms. The average molecular weight is 470 g/mol. The monoisotopic (exact) mass is 470 g/mol. The van der Waals surface area contributed by atoms with E-state index in [1.165, 1.54) is 0 Å². The number of carboxylic acid groups (broad SMARTS) is 4. The number of aliphatic hydroxyl groups excluding tert-OH is 1. The first-order valence-electron chi connectivity index (χ1n) is 9.01. The van der Waals surface area contributed by atoms with Gasteiger partial charge in [-0.3, -0.25) is 20.4 Å². The van der Waals surface area contributed by atoms with E-state index in [1.807, 2.05) is 17.8 Å². The van der Waals surface area contributed by atoms with E-state index in [-0.39, 0.29) is 31.8 Å². The Morgan fingerprint density at radius 1 is 0.875 bits per heavy atom. The van der Waals surface area contributed by atoms with Crippen LogP contribution in [0.5, 0.6) is 0 Å². The molecule has 0 spiro atoms. The van der Waals surface area contributed by atoms with Crippen molar-refractivity contribution in [1.82, 2.24) is 10.9 Å². The molecular weight excluding hydrogens is 440 g/mol. The topological polar surface area (TPSA) is 289 Å². The van der Waals surface area contributed by atoms with Crippen LogP contribution >= 0.6 is 0 Å². The molecule has 32 heavy (non-hydrogen) atoms. The number of nitrogens with two attached hydrogens (primary N) is 2. The predicted octanol–water partition coefficient (Wildman–Crippen LogP) is -2.76. The Labute approximate surface area is 182 Å². The second-order valence-corrected chi connectivity index (χ2v) is 5.85. The molecule has 0 aromatic rings. The van der Waals surface area contributed by atoms with Crippen LogP contribution in [-0.4, -0.2) is 80.5 Å². The molecule has 11 N–H and O–H groups in total. The number of carboxylic acids is 4. The number of aliphatic hydroxyl groups is 1. The molecule has 186 valence electrons. The number of carbonyl (C=O) groups excluding carboxylic acids is 2. The van der Waals surface area contributed by atoms with E-state index in [9.17, 15) is 14.7 Å². The molecule has 16 nitrogen and oxygen atoms in total. The van der Waals surface area contributed by atoms with Gasteiger partial charge in [0.1, 0.15) is 0 Å². The van der Waals surface area contributed by atoms with Gasteiger partial charge in [-0.05, 0) is 19.3 Å². The molecule has 0 saturated carbocycles. The fourth-order valence-electron chi connectivity index (χ4n) is 1.71. The lowest BCUT2D eigenvalue weighted by atomic mass is 9.95. The summed E-state index contributed by atoms with van der Waals surface area (Å²) in [5, 5.41) is 39.4. The molecule has 0 aliphatic heterocycles. The van der Waals surface area contributed by atoms with Crippen molar-refractivity contribution >= 4 is 35.7 Å². The number of hydrogen-bond acceptors (Lipinski definition) is 10. The zero-order valence-electron chi connectivity index (χ0n) is 17.4. The number of aliphatic carboxylic acids is 4. The van der Waals surface area contributed by atoms with Crippen LogP contribution in [0.15, 0.2) is 0 Å². The van der Waals surface area contributed by atoms with E-state index in [2.05, 4.69) is 0 Å². The van der Waals surface area contributed by atoms with Crippen LogP contribution in [-0.2, 0) is 33.5 Å². The summed E-state index contributed by atoms with van der Waals surface area (Å²) in [5.41, 5.74) is 4.02. The molecule has 0 aromatic carbocycles. The zero-order chi connectivity index (χ0) is 25.7. The van der Waals surface area contributed by atoms with Crippen molar-refractivity contribution in [3.05, 3.63) is 0 Å². The lowest BCUT2D eigenvalue weighted by molar-refractivity contribution is -0.159. The van der Waals surface area contributed by atoms with Crippen molar-refractivity contribution in [3.8, 4) is 0 Å². The molecule has 0 heterocycles. The molecule has 0 aliphatic carbocycles. The third kappa shape index (κ3) is 22.9. The number of ether oxygens (including phenoxy) is 1. The Morgan fingerprint density at radius 2 is 1.34 bits per heavy atom. The molecule has 0 radical (unpaired) electrons. The minimum Gasteiger partial charge on any atom is -0.473 e. The quantitative estimate of drug-likeness (QED) is 0.0486. The van der Waals surface area contributed by atoms with E-state index in [0.717, 1.165) is 12.8 Å². The summed E-state index contributed by atoms with van der Waals surface area (Å²) in [6.07, 6.45) is 1.72. The summed E-state index contributed by atoms with van der Waals surface area (Å²) < 4.78 is 5.28. The van der Waals surface area contributed by atoms with Gasteiger partial charge in [-0.15, -0.1) is 0 Å². The normalized spacial score (nSPS) is 11.2. The number of hydrogen-bond donors (Lipinski definition) is 9. The Balaban J connectivity index is -0.000000571. The average Bonchev–Trinajstić information content (AvgIpc) is 2.73. The molecule has 2 amide bonds. The van der Waals surface area contributed by atoms with Crippen LogP contribution in [0.25, 0.3) is 0 Å². The Bertz CT molecular complexity index is 566. The van der Waals surface area contributed by atoms with Gasteiger partial charge in [-0.1, -0.05) is 13.3 Å². The number of unbranched alkanes of at least 4 members (excludes halogenated alkanes) is 1. The minimum atomic E-state index is -1.82. The number of carbonyl (C=O) groups is 6. The maximum absolute atomic E-state index is 11.6. The van der Waals surface area contributed by atoms with E-state index in [1.54, 1.807) is 0 Å². The molecule has 0 bridgehead atoms. The van der Waals surface area contributed by atoms with Gasteiger partial charge in [-0.2, -0.15) is 0 Å². The van der Waals surface area contributed by atoms with Gasteiger partial charge in [-0.25, -0.2) is 30.9 Å². The Hall–Kier alpha value is -3.34. The maximum Gasteiger partial charge on any atom is 0.414 e. The molecular formula is C16H30N4O12. The molecule has 0 aliphatic rings. The second kappa shape index (κ2) is 20.9. The lowest BCUT2D eigenvalue weighted by Crippen LogP contribution is -2.39. The summed E-state index contributed by atoms with van der Waals surface area (Å²) in [6.45, 7) is 2.79. The van der Waals surface area contributed by atoms with E-state index in [4.69, 9.17) is 56.0 Å². The summed E-state index contributed by atoms with van der Waals surface area (Å²) in [5.74, 6) is 1.43. The number of amides is 2.